The van der Waals surface area contributed by atoms with Crippen LogP contribution in [0.15, 0.2) is 30.3 Å². The quantitative estimate of drug-likeness (QED) is 0.734. The largest absolute Gasteiger partial charge is 0.493 e. The van der Waals surface area contributed by atoms with Crippen LogP contribution >= 0.6 is 15.9 Å². The van der Waals surface area contributed by atoms with Gasteiger partial charge in [-0.05, 0) is 36.2 Å². The third kappa shape index (κ3) is 3.18. The van der Waals surface area contributed by atoms with E-state index in [2.05, 4.69) is 15.9 Å². The van der Waals surface area contributed by atoms with E-state index in [0.29, 0.717) is 17.1 Å². The Balaban J connectivity index is 2.50. The van der Waals surface area contributed by atoms with Crippen LogP contribution in [0.3, 0.4) is 0 Å². The van der Waals surface area contributed by atoms with Crippen LogP contribution in [0.4, 0.5) is 8.78 Å². The van der Waals surface area contributed by atoms with Crippen molar-refractivity contribution < 1.29 is 18.3 Å². The van der Waals surface area contributed by atoms with Crippen LogP contribution in [0.25, 0.3) is 0 Å². The molecule has 0 N–H and O–H groups in total. The first-order valence-corrected chi connectivity index (χ1v) is 7.21. The number of hydrogen-bond acceptors (Lipinski definition) is 2. The Morgan fingerprint density at radius 2 is 1.57 bits per heavy atom. The average Bonchev–Trinajstić information content (AvgIpc) is 2.46. The first-order valence-electron chi connectivity index (χ1n) is 6.29. The van der Waals surface area contributed by atoms with Gasteiger partial charge in [0.1, 0.15) is 11.6 Å². The van der Waals surface area contributed by atoms with Gasteiger partial charge in [0.2, 0.25) is 0 Å². The molecule has 0 saturated heterocycles. The fraction of sp³-hybridized carbons (Fsp3) is 0.250. The van der Waals surface area contributed by atoms with Crippen molar-refractivity contribution in [3.05, 3.63) is 58.7 Å². The fourth-order valence-corrected chi connectivity index (χ4v) is 3.02. The predicted octanol–water partition coefficient (Wildman–Crippen LogP) is 4.77. The molecule has 1 atom stereocenters. The Morgan fingerprint density at radius 1 is 0.952 bits per heavy atom. The highest BCUT2D eigenvalue weighted by Gasteiger charge is 2.20. The van der Waals surface area contributed by atoms with E-state index < -0.39 is 10.6 Å². The maximum atomic E-state index is 14.3. The van der Waals surface area contributed by atoms with Gasteiger partial charge >= 0.3 is 0 Å². The van der Waals surface area contributed by atoms with Crippen molar-refractivity contribution in [3.8, 4) is 11.5 Å². The summed E-state index contributed by atoms with van der Waals surface area (Å²) >= 11 is 3.47. The monoisotopic (exact) mass is 356 g/mol. The van der Waals surface area contributed by atoms with Crippen molar-refractivity contribution in [2.45, 2.75) is 11.8 Å². The van der Waals surface area contributed by atoms with Crippen molar-refractivity contribution >= 4 is 15.9 Å². The average molecular weight is 357 g/mol. The summed E-state index contributed by atoms with van der Waals surface area (Å²) in [6.07, 6.45) is 0. The number of methoxy groups -OCH3 is 2. The molecule has 0 heterocycles. The molecule has 2 aromatic rings. The molecule has 2 aromatic carbocycles. The molecule has 0 amide bonds. The number of hydrogen-bond donors (Lipinski definition) is 0. The minimum absolute atomic E-state index is 0.316. The van der Waals surface area contributed by atoms with Crippen molar-refractivity contribution in [2.75, 3.05) is 14.2 Å². The van der Waals surface area contributed by atoms with Crippen LogP contribution < -0.4 is 9.47 Å². The van der Waals surface area contributed by atoms with Crippen molar-refractivity contribution in [2.24, 2.45) is 0 Å². The van der Waals surface area contributed by atoms with Gasteiger partial charge in [0.25, 0.3) is 0 Å². The van der Waals surface area contributed by atoms with Gasteiger partial charge in [0.15, 0.2) is 11.5 Å². The Hall–Kier alpha value is -1.62. The lowest BCUT2D eigenvalue weighted by molar-refractivity contribution is 0.351. The zero-order valence-electron chi connectivity index (χ0n) is 11.9. The van der Waals surface area contributed by atoms with Crippen molar-refractivity contribution in [1.82, 2.24) is 0 Å². The number of aryl methyl sites for hydroxylation is 1. The zero-order valence-corrected chi connectivity index (χ0v) is 13.5. The maximum absolute atomic E-state index is 14.3. The van der Waals surface area contributed by atoms with E-state index in [4.69, 9.17) is 9.47 Å². The molecule has 0 aromatic heterocycles. The molecule has 0 aliphatic heterocycles. The maximum Gasteiger partial charge on any atom is 0.163 e. The molecule has 1 unspecified atom stereocenters. The van der Waals surface area contributed by atoms with E-state index >= 15 is 0 Å². The van der Waals surface area contributed by atoms with Crippen LogP contribution in [0.1, 0.15) is 21.5 Å². The number of alkyl halides is 1. The second kappa shape index (κ2) is 6.43. The molecule has 0 aliphatic rings. The van der Waals surface area contributed by atoms with Crippen molar-refractivity contribution in [3.63, 3.8) is 0 Å². The first-order chi connectivity index (χ1) is 9.97. The Bertz CT molecular complexity index is 659. The molecule has 0 radical (unpaired) electrons. The van der Waals surface area contributed by atoms with E-state index in [1.165, 1.54) is 32.4 Å². The SMILES string of the molecule is COc1cc(F)c(C(Br)c2ccc(F)cc2C)cc1OC. The molecule has 0 spiro atoms. The highest BCUT2D eigenvalue weighted by Crippen LogP contribution is 2.39. The molecule has 2 nitrogen and oxygen atoms in total. The molecule has 5 heteroatoms. The molecule has 21 heavy (non-hydrogen) atoms. The summed E-state index contributed by atoms with van der Waals surface area (Å²) in [5, 5.41) is 0. The standard InChI is InChI=1S/C16H15BrF2O2/c1-9-6-10(18)4-5-11(9)16(17)12-7-14(20-2)15(21-3)8-13(12)19/h4-8,16H,1-3H3. The molecule has 0 aliphatic carbocycles. The Kier molecular flexibility index (Phi) is 4.83. The van der Waals surface area contributed by atoms with E-state index in [9.17, 15) is 8.78 Å². The summed E-state index contributed by atoms with van der Waals surface area (Å²) in [4.78, 5) is -0.405. The number of rotatable bonds is 4. The molecule has 0 saturated carbocycles. The van der Waals surface area contributed by atoms with E-state index in [0.717, 1.165) is 11.1 Å². The Labute approximate surface area is 130 Å². The molecule has 112 valence electrons. The number of halogens is 3. The highest BCUT2D eigenvalue weighted by atomic mass is 79.9. The topological polar surface area (TPSA) is 18.5 Å². The summed E-state index contributed by atoms with van der Waals surface area (Å²) in [7, 11) is 2.94. The number of benzene rings is 2. The normalized spacial score (nSPS) is 12.1. The van der Waals surface area contributed by atoms with E-state index in [1.807, 2.05) is 0 Å². The zero-order chi connectivity index (χ0) is 15.6. The van der Waals surface area contributed by atoms with E-state index in [1.54, 1.807) is 19.1 Å². The lowest BCUT2D eigenvalue weighted by Crippen LogP contribution is -2.02. The van der Waals surface area contributed by atoms with Gasteiger partial charge in [-0.1, -0.05) is 22.0 Å². The van der Waals surface area contributed by atoms with Crippen molar-refractivity contribution in [1.29, 1.82) is 0 Å². The minimum Gasteiger partial charge on any atom is -0.493 e. The molecule has 0 bridgehead atoms. The lowest BCUT2D eigenvalue weighted by Gasteiger charge is -2.17. The summed E-state index contributed by atoms with van der Waals surface area (Å²) < 4.78 is 37.7. The van der Waals surface area contributed by atoms with Gasteiger partial charge in [-0.15, -0.1) is 0 Å². The predicted molar refractivity (Wildman–Crippen MR) is 81.4 cm³/mol. The molecule has 2 rings (SSSR count). The van der Waals surface area contributed by atoms with Gasteiger partial charge in [-0.3, -0.25) is 0 Å². The fourth-order valence-electron chi connectivity index (χ4n) is 2.16. The second-order valence-corrected chi connectivity index (χ2v) is 5.51. The van der Waals surface area contributed by atoms with Gasteiger partial charge in [0, 0.05) is 11.6 Å². The van der Waals surface area contributed by atoms with Gasteiger partial charge in [-0.2, -0.15) is 0 Å². The number of ether oxygens (including phenoxy) is 2. The van der Waals surface area contributed by atoms with Gasteiger partial charge in [-0.25, -0.2) is 8.78 Å². The summed E-state index contributed by atoms with van der Waals surface area (Å²) in [6.45, 7) is 1.78. The lowest BCUT2D eigenvalue weighted by atomic mass is 9.99. The second-order valence-electron chi connectivity index (χ2n) is 4.59. The van der Waals surface area contributed by atoms with Gasteiger partial charge < -0.3 is 9.47 Å². The summed E-state index contributed by atoms with van der Waals surface area (Å²) in [6, 6.07) is 7.27. The third-order valence-electron chi connectivity index (χ3n) is 3.28. The summed E-state index contributed by atoms with van der Waals surface area (Å²) in [5.74, 6) is 0.0365. The first kappa shape index (κ1) is 15.8. The van der Waals surface area contributed by atoms with Crippen LogP contribution in [0.2, 0.25) is 0 Å². The molecule has 0 fully saturated rings. The minimum atomic E-state index is -0.418. The van der Waals surface area contributed by atoms with Crippen LogP contribution in [0, 0.1) is 18.6 Å². The van der Waals surface area contributed by atoms with Crippen LogP contribution in [-0.4, -0.2) is 14.2 Å². The Morgan fingerprint density at radius 3 is 2.14 bits per heavy atom. The highest BCUT2D eigenvalue weighted by molar-refractivity contribution is 9.09. The third-order valence-corrected chi connectivity index (χ3v) is 4.27. The smallest absolute Gasteiger partial charge is 0.163 e. The molecular formula is C16H15BrF2O2. The van der Waals surface area contributed by atoms with Gasteiger partial charge in [0.05, 0.1) is 19.0 Å². The van der Waals surface area contributed by atoms with Crippen LogP contribution in [0.5, 0.6) is 11.5 Å². The van der Waals surface area contributed by atoms with E-state index in [-0.39, 0.29) is 5.82 Å². The molecular weight excluding hydrogens is 342 g/mol. The summed E-state index contributed by atoms with van der Waals surface area (Å²) in [5.41, 5.74) is 1.94. The van der Waals surface area contributed by atoms with Crippen LogP contribution in [-0.2, 0) is 0 Å².